The zero-order chi connectivity index (χ0) is 18.5. The van der Waals surface area contributed by atoms with Gasteiger partial charge in [-0.3, -0.25) is 4.79 Å². The number of rotatable bonds is 5. The SMILES string of the molecule is COc1cc(C)ccc1OC[C@H]1CN(C(=O)c2ccccc2Cl)CCO1. The highest BCUT2D eigenvalue weighted by Crippen LogP contribution is 2.28. The summed E-state index contributed by atoms with van der Waals surface area (Å²) in [6.07, 6.45) is -0.207. The summed E-state index contributed by atoms with van der Waals surface area (Å²) in [5.41, 5.74) is 1.61. The first-order valence-corrected chi connectivity index (χ1v) is 8.89. The van der Waals surface area contributed by atoms with Gasteiger partial charge in [-0.25, -0.2) is 0 Å². The van der Waals surface area contributed by atoms with Crippen molar-refractivity contribution in [2.24, 2.45) is 0 Å². The summed E-state index contributed by atoms with van der Waals surface area (Å²) in [6, 6.07) is 12.8. The Morgan fingerprint density at radius 2 is 2.08 bits per heavy atom. The number of morpholine rings is 1. The lowest BCUT2D eigenvalue weighted by Gasteiger charge is -2.33. The predicted octanol–water partition coefficient (Wildman–Crippen LogP) is 3.58. The molecule has 0 saturated carbocycles. The average Bonchev–Trinajstić information content (AvgIpc) is 2.67. The van der Waals surface area contributed by atoms with Gasteiger partial charge in [0.25, 0.3) is 5.91 Å². The Labute approximate surface area is 158 Å². The molecule has 2 aromatic carbocycles. The number of methoxy groups -OCH3 is 1. The number of benzene rings is 2. The minimum absolute atomic E-state index is 0.0863. The Hall–Kier alpha value is -2.24. The molecule has 1 aliphatic heterocycles. The van der Waals surface area contributed by atoms with Crippen molar-refractivity contribution >= 4 is 17.5 Å². The van der Waals surface area contributed by atoms with Gasteiger partial charge in [0.15, 0.2) is 11.5 Å². The van der Waals surface area contributed by atoms with Crippen LogP contribution >= 0.6 is 11.6 Å². The fourth-order valence-electron chi connectivity index (χ4n) is 2.89. The minimum atomic E-state index is -0.207. The van der Waals surface area contributed by atoms with E-state index in [4.69, 9.17) is 25.8 Å². The molecule has 1 aliphatic rings. The first kappa shape index (κ1) is 18.5. The Morgan fingerprint density at radius 3 is 2.85 bits per heavy atom. The molecular weight excluding hydrogens is 354 g/mol. The van der Waals surface area contributed by atoms with Crippen molar-refractivity contribution in [3.63, 3.8) is 0 Å². The molecule has 0 unspecified atom stereocenters. The number of carbonyl (C=O) groups excluding carboxylic acids is 1. The molecule has 26 heavy (non-hydrogen) atoms. The maximum atomic E-state index is 12.7. The van der Waals surface area contributed by atoms with Crippen LogP contribution in [0.4, 0.5) is 0 Å². The molecule has 1 atom stereocenters. The molecule has 2 aromatic rings. The monoisotopic (exact) mass is 375 g/mol. The van der Waals surface area contributed by atoms with Gasteiger partial charge in [0.05, 0.1) is 30.8 Å². The third-order valence-corrected chi connectivity index (χ3v) is 4.60. The second-order valence-corrected chi connectivity index (χ2v) is 6.60. The summed E-state index contributed by atoms with van der Waals surface area (Å²) in [6.45, 7) is 3.79. The lowest BCUT2D eigenvalue weighted by Crippen LogP contribution is -2.47. The topological polar surface area (TPSA) is 48.0 Å². The van der Waals surface area contributed by atoms with Crippen LogP contribution in [0.1, 0.15) is 15.9 Å². The van der Waals surface area contributed by atoms with E-state index in [9.17, 15) is 4.79 Å². The number of ether oxygens (including phenoxy) is 3. The van der Waals surface area contributed by atoms with Crippen LogP contribution in [0, 0.1) is 6.92 Å². The molecule has 0 aromatic heterocycles. The summed E-state index contributed by atoms with van der Waals surface area (Å²) in [4.78, 5) is 14.5. The van der Waals surface area contributed by atoms with Crippen LogP contribution in [0.5, 0.6) is 11.5 Å². The average molecular weight is 376 g/mol. The van der Waals surface area contributed by atoms with Crippen molar-refractivity contribution in [3.05, 3.63) is 58.6 Å². The van der Waals surface area contributed by atoms with E-state index in [0.29, 0.717) is 48.4 Å². The predicted molar refractivity (Wildman–Crippen MR) is 100 cm³/mol. The van der Waals surface area contributed by atoms with Gasteiger partial charge < -0.3 is 19.1 Å². The molecule has 138 valence electrons. The number of hydrogen-bond donors (Lipinski definition) is 0. The second kappa shape index (κ2) is 8.43. The van der Waals surface area contributed by atoms with Crippen LogP contribution in [-0.2, 0) is 4.74 Å². The van der Waals surface area contributed by atoms with Crippen molar-refractivity contribution in [3.8, 4) is 11.5 Å². The summed E-state index contributed by atoms with van der Waals surface area (Å²) in [7, 11) is 1.61. The number of amides is 1. The van der Waals surface area contributed by atoms with Gasteiger partial charge in [0, 0.05) is 6.54 Å². The van der Waals surface area contributed by atoms with E-state index in [1.807, 2.05) is 37.3 Å². The van der Waals surface area contributed by atoms with Gasteiger partial charge in [-0.15, -0.1) is 0 Å². The number of carbonyl (C=O) groups is 1. The number of halogens is 1. The third-order valence-electron chi connectivity index (χ3n) is 4.27. The van der Waals surface area contributed by atoms with Crippen LogP contribution in [0.2, 0.25) is 5.02 Å². The molecule has 3 rings (SSSR count). The van der Waals surface area contributed by atoms with Crippen molar-refractivity contribution in [1.29, 1.82) is 0 Å². The van der Waals surface area contributed by atoms with Crippen molar-refractivity contribution < 1.29 is 19.0 Å². The smallest absolute Gasteiger partial charge is 0.255 e. The Bertz CT molecular complexity index is 780. The van der Waals surface area contributed by atoms with Crippen LogP contribution in [0.15, 0.2) is 42.5 Å². The molecule has 0 N–H and O–H groups in total. The first-order chi connectivity index (χ1) is 12.6. The van der Waals surface area contributed by atoms with E-state index in [-0.39, 0.29) is 12.0 Å². The zero-order valence-corrected chi connectivity index (χ0v) is 15.7. The molecular formula is C20H22ClNO4. The molecule has 1 heterocycles. The molecule has 1 fully saturated rings. The normalized spacial score (nSPS) is 17.0. The van der Waals surface area contributed by atoms with Crippen molar-refractivity contribution in [1.82, 2.24) is 4.90 Å². The molecule has 0 radical (unpaired) electrons. The highest BCUT2D eigenvalue weighted by atomic mass is 35.5. The second-order valence-electron chi connectivity index (χ2n) is 6.19. The molecule has 5 nitrogen and oxygen atoms in total. The lowest BCUT2D eigenvalue weighted by molar-refractivity contribution is -0.0403. The third kappa shape index (κ3) is 4.29. The van der Waals surface area contributed by atoms with Crippen LogP contribution in [0.25, 0.3) is 0 Å². The van der Waals surface area contributed by atoms with Gasteiger partial charge in [-0.05, 0) is 36.8 Å². The fourth-order valence-corrected chi connectivity index (χ4v) is 3.10. The van der Waals surface area contributed by atoms with Gasteiger partial charge in [0.1, 0.15) is 12.7 Å². The van der Waals surface area contributed by atoms with E-state index in [1.165, 1.54) is 0 Å². The van der Waals surface area contributed by atoms with E-state index in [2.05, 4.69) is 0 Å². The molecule has 1 amide bonds. The molecule has 6 heteroatoms. The maximum absolute atomic E-state index is 12.7. The van der Waals surface area contributed by atoms with Crippen molar-refractivity contribution in [2.75, 3.05) is 33.4 Å². The highest BCUT2D eigenvalue weighted by molar-refractivity contribution is 6.33. The van der Waals surface area contributed by atoms with Gasteiger partial charge in [-0.2, -0.15) is 0 Å². The lowest BCUT2D eigenvalue weighted by atomic mass is 10.1. The summed E-state index contributed by atoms with van der Waals surface area (Å²) in [5.74, 6) is 1.26. The number of nitrogens with zero attached hydrogens (tertiary/aromatic N) is 1. The van der Waals surface area contributed by atoms with Gasteiger partial charge in [0.2, 0.25) is 0 Å². The van der Waals surface area contributed by atoms with Crippen LogP contribution in [-0.4, -0.2) is 50.3 Å². The van der Waals surface area contributed by atoms with E-state index in [1.54, 1.807) is 24.1 Å². The molecule has 0 aliphatic carbocycles. The van der Waals surface area contributed by atoms with Gasteiger partial charge >= 0.3 is 0 Å². The molecule has 1 saturated heterocycles. The van der Waals surface area contributed by atoms with Crippen molar-refractivity contribution in [2.45, 2.75) is 13.0 Å². The number of aryl methyl sites for hydroxylation is 1. The fraction of sp³-hybridized carbons (Fsp3) is 0.350. The van der Waals surface area contributed by atoms with Crippen LogP contribution in [0.3, 0.4) is 0 Å². The Balaban J connectivity index is 1.62. The standard InChI is InChI=1S/C20H22ClNO4/c1-14-7-8-18(19(11-14)24-2)26-13-15-12-22(9-10-25-15)20(23)16-5-3-4-6-17(16)21/h3-8,11,15H,9-10,12-13H2,1-2H3/t15-/m1/s1. The first-order valence-electron chi connectivity index (χ1n) is 8.51. The summed E-state index contributed by atoms with van der Waals surface area (Å²) < 4.78 is 17.0. The quantitative estimate of drug-likeness (QED) is 0.801. The summed E-state index contributed by atoms with van der Waals surface area (Å²) >= 11 is 6.14. The van der Waals surface area contributed by atoms with Crippen LogP contribution < -0.4 is 9.47 Å². The largest absolute Gasteiger partial charge is 0.493 e. The van der Waals surface area contributed by atoms with Gasteiger partial charge in [-0.1, -0.05) is 29.8 Å². The maximum Gasteiger partial charge on any atom is 0.255 e. The number of hydrogen-bond acceptors (Lipinski definition) is 4. The molecule has 0 bridgehead atoms. The molecule has 0 spiro atoms. The minimum Gasteiger partial charge on any atom is -0.493 e. The Morgan fingerprint density at radius 1 is 1.27 bits per heavy atom. The van der Waals surface area contributed by atoms with E-state index >= 15 is 0 Å². The zero-order valence-electron chi connectivity index (χ0n) is 14.9. The van der Waals surface area contributed by atoms with E-state index in [0.717, 1.165) is 5.56 Å². The Kier molecular flexibility index (Phi) is 6.01. The van der Waals surface area contributed by atoms with E-state index < -0.39 is 0 Å². The highest BCUT2D eigenvalue weighted by Gasteiger charge is 2.26. The summed E-state index contributed by atoms with van der Waals surface area (Å²) in [5, 5.41) is 0.459.